The first-order valence-corrected chi connectivity index (χ1v) is 3.61. The van der Waals surface area contributed by atoms with Crippen molar-refractivity contribution >= 4 is 5.71 Å². The lowest BCUT2D eigenvalue weighted by molar-refractivity contribution is 0.657. The fraction of sp³-hybridized carbons (Fsp3) is 0.875. The molecule has 0 saturated carbocycles. The summed E-state index contributed by atoms with van der Waals surface area (Å²) < 4.78 is 0. The van der Waals surface area contributed by atoms with Crippen LogP contribution in [0.3, 0.4) is 0 Å². The summed E-state index contributed by atoms with van der Waals surface area (Å²) in [5.74, 6) is 1.08. The fourth-order valence-electron chi connectivity index (χ4n) is 0.676. The molecule has 1 nitrogen and oxygen atoms in total. The predicted molar refractivity (Wildman–Crippen MR) is 42.0 cm³/mol. The first-order chi connectivity index (χ1) is 4.04. The Labute approximate surface area is 58.0 Å². The van der Waals surface area contributed by atoms with E-state index >= 15 is 0 Å². The van der Waals surface area contributed by atoms with E-state index in [4.69, 9.17) is 5.41 Å². The van der Waals surface area contributed by atoms with Gasteiger partial charge in [-0.1, -0.05) is 27.7 Å². The van der Waals surface area contributed by atoms with Gasteiger partial charge >= 0.3 is 0 Å². The minimum atomic E-state index is 0.437. The van der Waals surface area contributed by atoms with E-state index in [9.17, 15) is 0 Å². The lowest BCUT2D eigenvalue weighted by atomic mass is 9.99. The molecule has 0 amide bonds. The SMILES string of the molecule is CC(C)CC(=N)C(C)C. The van der Waals surface area contributed by atoms with Crippen LogP contribution >= 0.6 is 0 Å². The van der Waals surface area contributed by atoms with E-state index in [1.165, 1.54) is 0 Å². The number of nitrogens with one attached hydrogen (secondary N) is 1. The molecule has 0 fully saturated rings. The minimum absolute atomic E-state index is 0.437. The maximum atomic E-state index is 7.47. The Hall–Kier alpha value is -0.330. The highest BCUT2D eigenvalue weighted by atomic mass is 14.4. The van der Waals surface area contributed by atoms with Crippen molar-refractivity contribution in [2.45, 2.75) is 34.1 Å². The van der Waals surface area contributed by atoms with Crippen LogP contribution in [0.2, 0.25) is 0 Å². The van der Waals surface area contributed by atoms with Crippen molar-refractivity contribution in [3.05, 3.63) is 0 Å². The molecule has 0 aliphatic carbocycles. The molecule has 0 aromatic carbocycles. The standard InChI is InChI=1S/C8H17N/c1-6(2)5-8(9)7(3)4/h6-7,9H,5H2,1-4H3. The molecule has 1 N–H and O–H groups in total. The maximum Gasteiger partial charge on any atom is 0.0117 e. The smallest absolute Gasteiger partial charge is 0.0117 e. The molecule has 0 bridgehead atoms. The van der Waals surface area contributed by atoms with Gasteiger partial charge in [0.05, 0.1) is 0 Å². The van der Waals surface area contributed by atoms with E-state index in [0.29, 0.717) is 11.8 Å². The molecule has 9 heavy (non-hydrogen) atoms. The fourth-order valence-corrected chi connectivity index (χ4v) is 0.676. The van der Waals surface area contributed by atoms with Gasteiger partial charge in [-0.05, 0) is 18.3 Å². The summed E-state index contributed by atoms with van der Waals surface area (Å²) in [6, 6.07) is 0. The molecule has 0 rings (SSSR count). The highest BCUT2D eigenvalue weighted by Gasteiger charge is 2.03. The number of rotatable bonds is 3. The van der Waals surface area contributed by atoms with Gasteiger partial charge in [0, 0.05) is 5.71 Å². The second kappa shape index (κ2) is 3.65. The van der Waals surface area contributed by atoms with Gasteiger partial charge < -0.3 is 5.41 Å². The summed E-state index contributed by atoms with van der Waals surface area (Å²) in [5.41, 5.74) is 0.880. The second-order valence-corrected chi connectivity index (χ2v) is 3.28. The van der Waals surface area contributed by atoms with Crippen LogP contribution in [0.25, 0.3) is 0 Å². The normalized spacial score (nSPS) is 10.9. The van der Waals surface area contributed by atoms with Crippen molar-refractivity contribution in [3.63, 3.8) is 0 Å². The number of hydrogen-bond acceptors (Lipinski definition) is 1. The average Bonchev–Trinajstić information content (AvgIpc) is 1.63. The van der Waals surface area contributed by atoms with Gasteiger partial charge in [-0.15, -0.1) is 0 Å². The Morgan fingerprint density at radius 2 is 1.67 bits per heavy atom. The lowest BCUT2D eigenvalue weighted by Crippen LogP contribution is -2.08. The third-order valence-electron chi connectivity index (χ3n) is 1.33. The van der Waals surface area contributed by atoms with Crippen molar-refractivity contribution in [2.75, 3.05) is 0 Å². The van der Waals surface area contributed by atoms with Gasteiger partial charge in [0.25, 0.3) is 0 Å². The maximum absolute atomic E-state index is 7.47. The topological polar surface area (TPSA) is 23.9 Å². The Kier molecular flexibility index (Phi) is 3.52. The van der Waals surface area contributed by atoms with Crippen molar-refractivity contribution in [1.82, 2.24) is 0 Å². The monoisotopic (exact) mass is 127 g/mol. The Morgan fingerprint density at radius 1 is 1.22 bits per heavy atom. The second-order valence-electron chi connectivity index (χ2n) is 3.28. The first-order valence-electron chi connectivity index (χ1n) is 3.61. The molecule has 54 valence electrons. The molecule has 0 aliphatic rings. The minimum Gasteiger partial charge on any atom is -0.309 e. The van der Waals surface area contributed by atoms with Crippen LogP contribution in [-0.2, 0) is 0 Å². The summed E-state index contributed by atoms with van der Waals surface area (Å²) in [7, 11) is 0. The highest BCUT2D eigenvalue weighted by Crippen LogP contribution is 2.06. The van der Waals surface area contributed by atoms with Crippen LogP contribution in [-0.4, -0.2) is 5.71 Å². The van der Waals surface area contributed by atoms with Crippen LogP contribution < -0.4 is 0 Å². The quantitative estimate of drug-likeness (QED) is 0.564. The zero-order valence-electron chi connectivity index (χ0n) is 6.86. The van der Waals surface area contributed by atoms with E-state index < -0.39 is 0 Å². The van der Waals surface area contributed by atoms with Crippen LogP contribution in [0.4, 0.5) is 0 Å². The largest absolute Gasteiger partial charge is 0.309 e. The molecule has 0 aromatic heterocycles. The van der Waals surface area contributed by atoms with Crippen LogP contribution in [0.5, 0.6) is 0 Å². The summed E-state index contributed by atoms with van der Waals surface area (Å²) in [6.07, 6.45) is 0.956. The summed E-state index contributed by atoms with van der Waals surface area (Å²) in [6.45, 7) is 8.45. The third kappa shape index (κ3) is 4.19. The van der Waals surface area contributed by atoms with Crippen molar-refractivity contribution in [2.24, 2.45) is 11.8 Å². The molecule has 0 radical (unpaired) electrons. The predicted octanol–water partition coefficient (Wildman–Crippen LogP) is 2.71. The third-order valence-corrected chi connectivity index (χ3v) is 1.33. The lowest BCUT2D eigenvalue weighted by Gasteiger charge is -2.08. The molecule has 1 heteroatoms. The molecule has 0 heterocycles. The van der Waals surface area contributed by atoms with Gasteiger partial charge in [0.1, 0.15) is 0 Å². The molecule has 0 aromatic rings. The summed E-state index contributed by atoms with van der Waals surface area (Å²) >= 11 is 0. The Balaban J connectivity index is 3.51. The zero-order valence-corrected chi connectivity index (χ0v) is 6.86. The van der Waals surface area contributed by atoms with Crippen LogP contribution in [0.1, 0.15) is 34.1 Å². The van der Waals surface area contributed by atoms with Gasteiger partial charge in [0.2, 0.25) is 0 Å². The zero-order chi connectivity index (χ0) is 7.44. The van der Waals surface area contributed by atoms with Crippen LogP contribution in [0.15, 0.2) is 0 Å². The van der Waals surface area contributed by atoms with E-state index in [0.717, 1.165) is 12.1 Å². The molecular formula is C8H17N. The average molecular weight is 127 g/mol. The van der Waals surface area contributed by atoms with E-state index in [2.05, 4.69) is 27.7 Å². The van der Waals surface area contributed by atoms with E-state index in [-0.39, 0.29) is 0 Å². The molecular weight excluding hydrogens is 110 g/mol. The summed E-state index contributed by atoms with van der Waals surface area (Å²) in [5, 5.41) is 7.47. The van der Waals surface area contributed by atoms with Gasteiger partial charge in [-0.3, -0.25) is 0 Å². The van der Waals surface area contributed by atoms with Crippen LogP contribution in [0, 0.1) is 17.2 Å². The van der Waals surface area contributed by atoms with Gasteiger partial charge in [-0.2, -0.15) is 0 Å². The van der Waals surface area contributed by atoms with Gasteiger partial charge in [-0.25, -0.2) is 0 Å². The Morgan fingerprint density at radius 3 is 1.78 bits per heavy atom. The van der Waals surface area contributed by atoms with Crippen molar-refractivity contribution in [1.29, 1.82) is 5.41 Å². The van der Waals surface area contributed by atoms with Gasteiger partial charge in [0.15, 0.2) is 0 Å². The number of hydrogen-bond donors (Lipinski definition) is 1. The molecule has 0 atom stereocenters. The molecule has 0 saturated heterocycles. The highest BCUT2D eigenvalue weighted by molar-refractivity contribution is 5.83. The molecule has 0 unspecified atom stereocenters. The Bertz CT molecular complexity index is 92.7. The molecule has 0 aliphatic heterocycles. The van der Waals surface area contributed by atoms with E-state index in [1.54, 1.807) is 0 Å². The van der Waals surface area contributed by atoms with Crippen molar-refractivity contribution in [3.8, 4) is 0 Å². The van der Waals surface area contributed by atoms with E-state index in [1.807, 2.05) is 0 Å². The first kappa shape index (κ1) is 8.67. The molecule has 0 spiro atoms. The van der Waals surface area contributed by atoms with Crippen molar-refractivity contribution < 1.29 is 0 Å². The summed E-state index contributed by atoms with van der Waals surface area (Å²) in [4.78, 5) is 0.